The summed E-state index contributed by atoms with van der Waals surface area (Å²) in [5.41, 5.74) is 0.870. The second-order valence-electron chi connectivity index (χ2n) is 2.59. The van der Waals surface area contributed by atoms with Gasteiger partial charge in [-0.3, -0.25) is 4.98 Å². The van der Waals surface area contributed by atoms with E-state index in [1.165, 1.54) is 0 Å². The quantitative estimate of drug-likeness (QED) is 0.890. The molecule has 5 heteroatoms. The average molecular weight is 251 g/mol. The number of anilines is 2. The van der Waals surface area contributed by atoms with Gasteiger partial charge in [-0.05, 0) is 28.1 Å². The van der Waals surface area contributed by atoms with Gasteiger partial charge >= 0.3 is 0 Å². The molecule has 4 nitrogen and oxygen atoms in total. The molecular weight excluding hydrogens is 244 g/mol. The van der Waals surface area contributed by atoms with Gasteiger partial charge in [-0.25, -0.2) is 9.97 Å². The molecule has 0 spiro atoms. The molecule has 0 aliphatic carbocycles. The minimum absolute atomic E-state index is 0.557. The standard InChI is InChI=1S/C9H7BrN4/c10-7-4-12-9(13-5-7)14-8-2-1-3-11-6-8/h1-6H,(H,12,13,14). The van der Waals surface area contributed by atoms with E-state index in [1.807, 2.05) is 12.1 Å². The molecule has 0 aliphatic heterocycles. The summed E-state index contributed by atoms with van der Waals surface area (Å²) in [5.74, 6) is 0.557. The van der Waals surface area contributed by atoms with Crippen molar-refractivity contribution >= 4 is 27.6 Å². The number of hydrogen-bond donors (Lipinski definition) is 1. The summed E-state index contributed by atoms with van der Waals surface area (Å²) >= 11 is 3.27. The lowest BCUT2D eigenvalue weighted by Crippen LogP contribution is -1.95. The van der Waals surface area contributed by atoms with E-state index >= 15 is 0 Å². The summed E-state index contributed by atoms with van der Waals surface area (Å²) in [6.45, 7) is 0. The highest BCUT2D eigenvalue weighted by Gasteiger charge is 1.95. The maximum absolute atomic E-state index is 4.08. The fourth-order valence-electron chi connectivity index (χ4n) is 0.943. The fourth-order valence-corrected chi connectivity index (χ4v) is 1.15. The van der Waals surface area contributed by atoms with Gasteiger partial charge in [0.25, 0.3) is 0 Å². The van der Waals surface area contributed by atoms with Crippen LogP contribution in [0.2, 0.25) is 0 Å². The molecule has 2 aromatic heterocycles. The summed E-state index contributed by atoms with van der Waals surface area (Å²) in [4.78, 5) is 12.1. The average Bonchev–Trinajstić information content (AvgIpc) is 2.23. The zero-order chi connectivity index (χ0) is 9.80. The number of hydrogen-bond acceptors (Lipinski definition) is 4. The zero-order valence-electron chi connectivity index (χ0n) is 7.18. The highest BCUT2D eigenvalue weighted by Crippen LogP contribution is 2.11. The molecule has 0 atom stereocenters. The van der Waals surface area contributed by atoms with Gasteiger partial charge in [0.15, 0.2) is 0 Å². The van der Waals surface area contributed by atoms with E-state index in [0.717, 1.165) is 10.2 Å². The van der Waals surface area contributed by atoms with Crippen LogP contribution in [0.15, 0.2) is 41.4 Å². The van der Waals surface area contributed by atoms with Crippen LogP contribution in [0.3, 0.4) is 0 Å². The van der Waals surface area contributed by atoms with E-state index in [9.17, 15) is 0 Å². The Morgan fingerprint density at radius 1 is 1.14 bits per heavy atom. The molecule has 2 aromatic rings. The predicted octanol–water partition coefficient (Wildman–Crippen LogP) is 2.38. The lowest BCUT2D eigenvalue weighted by atomic mass is 10.4. The smallest absolute Gasteiger partial charge is 0.227 e. The predicted molar refractivity (Wildman–Crippen MR) is 57.3 cm³/mol. The molecule has 0 fully saturated rings. The van der Waals surface area contributed by atoms with Crippen molar-refractivity contribution in [3.63, 3.8) is 0 Å². The summed E-state index contributed by atoms with van der Waals surface area (Å²) in [7, 11) is 0. The van der Waals surface area contributed by atoms with Crippen molar-refractivity contribution in [2.45, 2.75) is 0 Å². The van der Waals surface area contributed by atoms with Gasteiger partial charge in [0.1, 0.15) is 0 Å². The molecule has 0 radical (unpaired) electrons. The van der Waals surface area contributed by atoms with Gasteiger partial charge in [-0.2, -0.15) is 0 Å². The van der Waals surface area contributed by atoms with Crippen LogP contribution in [0.1, 0.15) is 0 Å². The van der Waals surface area contributed by atoms with Crippen molar-refractivity contribution in [3.8, 4) is 0 Å². The first-order valence-electron chi connectivity index (χ1n) is 3.99. The Kier molecular flexibility index (Phi) is 2.69. The van der Waals surface area contributed by atoms with Crippen molar-refractivity contribution in [1.29, 1.82) is 0 Å². The molecule has 1 N–H and O–H groups in total. The van der Waals surface area contributed by atoms with Gasteiger partial charge in [-0.15, -0.1) is 0 Å². The summed E-state index contributed by atoms with van der Waals surface area (Å²) < 4.78 is 0.856. The van der Waals surface area contributed by atoms with Crippen molar-refractivity contribution in [3.05, 3.63) is 41.4 Å². The number of nitrogens with one attached hydrogen (secondary N) is 1. The minimum atomic E-state index is 0.557. The van der Waals surface area contributed by atoms with Crippen LogP contribution in [0, 0.1) is 0 Å². The van der Waals surface area contributed by atoms with Crippen molar-refractivity contribution in [2.75, 3.05) is 5.32 Å². The van der Waals surface area contributed by atoms with E-state index in [4.69, 9.17) is 0 Å². The first-order chi connectivity index (χ1) is 6.84. The van der Waals surface area contributed by atoms with Gasteiger partial charge in [-0.1, -0.05) is 0 Å². The number of rotatable bonds is 2. The number of halogens is 1. The van der Waals surface area contributed by atoms with Crippen LogP contribution >= 0.6 is 15.9 Å². The first-order valence-corrected chi connectivity index (χ1v) is 4.78. The second-order valence-corrected chi connectivity index (χ2v) is 3.51. The van der Waals surface area contributed by atoms with Crippen molar-refractivity contribution < 1.29 is 0 Å². The first kappa shape index (κ1) is 9.08. The molecule has 0 unspecified atom stereocenters. The Morgan fingerprint density at radius 3 is 2.57 bits per heavy atom. The molecule has 70 valence electrons. The van der Waals surface area contributed by atoms with Crippen LogP contribution in [-0.2, 0) is 0 Å². The third-order valence-electron chi connectivity index (χ3n) is 1.54. The molecule has 0 aromatic carbocycles. The third-order valence-corrected chi connectivity index (χ3v) is 1.95. The van der Waals surface area contributed by atoms with Gasteiger partial charge in [0.05, 0.1) is 16.4 Å². The molecule has 14 heavy (non-hydrogen) atoms. The second kappa shape index (κ2) is 4.15. The van der Waals surface area contributed by atoms with Crippen LogP contribution in [0.25, 0.3) is 0 Å². The molecular formula is C9H7BrN4. The van der Waals surface area contributed by atoms with E-state index < -0.39 is 0 Å². The fraction of sp³-hybridized carbons (Fsp3) is 0. The monoisotopic (exact) mass is 250 g/mol. The highest BCUT2D eigenvalue weighted by molar-refractivity contribution is 9.10. The van der Waals surface area contributed by atoms with E-state index in [2.05, 4.69) is 36.2 Å². The minimum Gasteiger partial charge on any atom is -0.323 e. The Bertz CT molecular complexity index is 401. The molecule has 0 bridgehead atoms. The lowest BCUT2D eigenvalue weighted by molar-refractivity contribution is 1.15. The summed E-state index contributed by atoms with van der Waals surface area (Å²) in [5, 5.41) is 3.03. The zero-order valence-corrected chi connectivity index (χ0v) is 8.77. The molecule has 0 saturated carbocycles. The van der Waals surface area contributed by atoms with Gasteiger partial charge in [0, 0.05) is 18.6 Å². The summed E-state index contributed by atoms with van der Waals surface area (Å²) in [6.07, 6.45) is 6.80. The maximum atomic E-state index is 4.08. The summed E-state index contributed by atoms with van der Waals surface area (Å²) in [6, 6.07) is 3.75. The Balaban J connectivity index is 2.16. The van der Waals surface area contributed by atoms with Gasteiger partial charge < -0.3 is 5.32 Å². The number of pyridine rings is 1. The van der Waals surface area contributed by atoms with E-state index in [0.29, 0.717) is 5.95 Å². The largest absolute Gasteiger partial charge is 0.323 e. The molecule has 0 aliphatic rings. The molecule has 0 saturated heterocycles. The number of aromatic nitrogens is 3. The SMILES string of the molecule is Brc1cnc(Nc2cccnc2)nc1. The van der Waals surface area contributed by atoms with Crippen molar-refractivity contribution in [2.24, 2.45) is 0 Å². The molecule has 2 rings (SSSR count). The maximum Gasteiger partial charge on any atom is 0.227 e. The molecule has 2 heterocycles. The lowest BCUT2D eigenvalue weighted by Gasteiger charge is -2.02. The Morgan fingerprint density at radius 2 is 1.93 bits per heavy atom. The molecule has 0 amide bonds. The van der Waals surface area contributed by atoms with Crippen LogP contribution in [0.4, 0.5) is 11.6 Å². The normalized spacial score (nSPS) is 9.79. The van der Waals surface area contributed by atoms with E-state index in [-0.39, 0.29) is 0 Å². The topological polar surface area (TPSA) is 50.7 Å². The third kappa shape index (κ3) is 2.26. The highest BCUT2D eigenvalue weighted by atomic mass is 79.9. The Labute approximate surface area is 89.6 Å². The Hall–Kier alpha value is -1.49. The van der Waals surface area contributed by atoms with Crippen LogP contribution in [-0.4, -0.2) is 15.0 Å². The van der Waals surface area contributed by atoms with E-state index in [1.54, 1.807) is 24.8 Å². The van der Waals surface area contributed by atoms with Crippen LogP contribution in [0.5, 0.6) is 0 Å². The van der Waals surface area contributed by atoms with Crippen molar-refractivity contribution in [1.82, 2.24) is 15.0 Å². The van der Waals surface area contributed by atoms with Crippen LogP contribution < -0.4 is 5.32 Å². The van der Waals surface area contributed by atoms with Gasteiger partial charge in [0.2, 0.25) is 5.95 Å². The number of nitrogens with zero attached hydrogens (tertiary/aromatic N) is 3.